The van der Waals surface area contributed by atoms with Crippen molar-refractivity contribution in [2.45, 2.75) is 44.4 Å². The molecule has 1 aliphatic rings. The maximum Gasteiger partial charge on any atom is 0.316 e. The van der Waals surface area contributed by atoms with Crippen molar-refractivity contribution in [3.63, 3.8) is 0 Å². The molecule has 3 rings (SSSR count). The molecule has 0 unspecified atom stereocenters. The second-order valence-corrected chi connectivity index (χ2v) is 6.64. The third kappa shape index (κ3) is 5.48. The van der Waals surface area contributed by atoms with Gasteiger partial charge in [0.2, 0.25) is 0 Å². The van der Waals surface area contributed by atoms with Crippen LogP contribution in [0.1, 0.15) is 31.2 Å². The summed E-state index contributed by atoms with van der Waals surface area (Å²) < 4.78 is 16.3. The van der Waals surface area contributed by atoms with E-state index in [1.54, 1.807) is 32.7 Å². The molecule has 0 saturated heterocycles. The summed E-state index contributed by atoms with van der Waals surface area (Å²) in [4.78, 5) is 20.4. The predicted octanol–water partition coefficient (Wildman–Crippen LogP) is 2.68. The van der Waals surface area contributed by atoms with Crippen LogP contribution >= 0.6 is 0 Å². The van der Waals surface area contributed by atoms with Gasteiger partial charge in [-0.15, -0.1) is 0 Å². The van der Waals surface area contributed by atoms with Crippen LogP contribution in [0.3, 0.4) is 0 Å². The molecule has 1 aromatic heterocycles. The zero-order valence-electron chi connectivity index (χ0n) is 16.2. The number of benzene rings is 1. The van der Waals surface area contributed by atoms with E-state index in [-0.39, 0.29) is 18.2 Å². The van der Waals surface area contributed by atoms with E-state index < -0.39 is 0 Å². The molecular formula is C20H26N4O4. The molecule has 1 aromatic carbocycles. The normalized spacial score (nSPS) is 18.8. The number of hydrogen-bond donors (Lipinski definition) is 2. The van der Waals surface area contributed by atoms with Crippen LogP contribution in [-0.2, 0) is 6.54 Å². The average Bonchev–Trinajstić information content (AvgIpc) is 2.74. The zero-order valence-corrected chi connectivity index (χ0v) is 16.2. The van der Waals surface area contributed by atoms with E-state index in [4.69, 9.17) is 14.2 Å². The van der Waals surface area contributed by atoms with Gasteiger partial charge in [-0.3, -0.25) is 0 Å². The van der Waals surface area contributed by atoms with Gasteiger partial charge in [0.05, 0.1) is 14.2 Å². The van der Waals surface area contributed by atoms with Crippen LogP contribution in [0, 0.1) is 0 Å². The molecule has 2 amide bonds. The summed E-state index contributed by atoms with van der Waals surface area (Å²) in [6, 6.07) is 7.71. The molecule has 2 aromatic rings. The molecule has 1 heterocycles. The number of carbonyl (C=O) groups excluding carboxylic acids is 1. The minimum atomic E-state index is -0.175. The van der Waals surface area contributed by atoms with Gasteiger partial charge in [0, 0.05) is 25.0 Å². The number of hydrogen-bond acceptors (Lipinski definition) is 6. The van der Waals surface area contributed by atoms with Crippen molar-refractivity contribution in [3.8, 4) is 17.5 Å². The van der Waals surface area contributed by atoms with Gasteiger partial charge in [0.15, 0.2) is 11.5 Å². The van der Waals surface area contributed by atoms with Crippen molar-refractivity contribution in [1.29, 1.82) is 0 Å². The number of urea groups is 1. The van der Waals surface area contributed by atoms with Crippen LogP contribution in [0.25, 0.3) is 0 Å². The van der Waals surface area contributed by atoms with E-state index in [9.17, 15) is 4.79 Å². The molecule has 8 heteroatoms. The van der Waals surface area contributed by atoms with Crippen LogP contribution in [0.5, 0.6) is 17.5 Å². The summed E-state index contributed by atoms with van der Waals surface area (Å²) in [6.07, 6.45) is 6.87. The molecule has 1 saturated carbocycles. The van der Waals surface area contributed by atoms with Crippen molar-refractivity contribution in [1.82, 2.24) is 20.6 Å². The fourth-order valence-electron chi connectivity index (χ4n) is 3.23. The third-order valence-electron chi connectivity index (χ3n) is 4.72. The van der Waals surface area contributed by atoms with Gasteiger partial charge in [0.1, 0.15) is 6.10 Å². The first kappa shape index (κ1) is 19.7. The van der Waals surface area contributed by atoms with Crippen molar-refractivity contribution < 1.29 is 19.0 Å². The zero-order chi connectivity index (χ0) is 19.8. The lowest BCUT2D eigenvalue weighted by atomic mass is 9.93. The molecule has 0 atom stereocenters. The topological polar surface area (TPSA) is 94.6 Å². The van der Waals surface area contributed by atoms with E-state index in [1.807, 2.05) is 18.2 Å². The SMILES string of the molecule is COc1ccc(CNC(=O)NC2CCC(Oc3ncccn3)CC2)cc1OC. The molecule has 0 spiro atoms. The fourth-order valence-corrected chi connectivity index (χ4v) is 3.23. The number of nitrogens with one attached hydrogen (secondary N) is 2. The van der Waals surface area contributed by atoms with E-state index in [0.29, 0.717) is 24.1 Å². The first-order chi connectivity index (χ1) is 13.7. The highest BCUT2D eigenvalue weighted by molar-refractivity contribution is 5.74. The van der Waals surface area contributed by atoms with E-state index in [0.717, 1.165) is 31.2 Å². The Labute approximate surface area is 164 Å². The van der Waals surface area contributed by atoms with Gasteiger partial charge in [-0.05, 0) is 49.4 Å². The fraction of sp³-hybridized carbons (Fsp3) is 0.450. The van der Waals surface area contributed by atoms with Crippen LogP contribution in [0.4, 0.5) is 4.79 Å². The van der Waals surface area contributed by atoms with Gasteiger partial charge in [-0.25, -0.2) is 14.8 Å². The molecule has 28 heavy (non-hydrogen) atoms. The number of amides is 2. The molecule has 8 nitrogen and oxygen atoms in total. The Morgan fingerprint density at radius 1 is 1.07 bits per heavy atom. The third-order valence-corrected chi connectivity index (χ3v) is 4.72. The average molecular weight is 386 g/mol. The van der Waals surface area contributed by atoms with Gasteiger partial charge < -0.3 is 24.8 Å². The summed E-state index contributed by atoms with van der Waals surface area (Å²) in [7, 11) is 3.18. The minimum Gasteiger partial charge on any atom is -0.493 e. The summed E-state index contributed by atoms with van der Waals surface area (Å²) in [6.45, 7) is 0.413. The standard InChI is InChI=1S/C20H26N4O4/c1-26-17-9-4-14(12-18(17)27-2)13-23-19(25)24-15-5-7-16(8-6-15)28-20-21-10-3-11-22-20/h3-4,9-12,15-16H,5-8,13H2,1-2H3,(H2,23,24,25). The highest BCUT2D eigenvalue weighted by Crippen LogP contribution is 2.27. The number of methoxy groups -OCH3 is 2. The first-order valence-corrected chi connectivity index (χ1v) is 9.37. The van der Waals surface area contributed by atoms with Crippen molar-refractivity contribution in [2.24, 2.45) is 0 Å². The van der Waals surface area contributed by atoms with E-state index >= 15 is 0 Å². The Morgan fingerprint density at radius 2 is 1.79 bits per heavy atom. The van der Waals surface area contributed by atoms with Crippen molar-refractivity contribution >= 4 is 6.03 Å². The molecule has 0 bridgehead atoms. The Hall–Kier alpha value is -3.03. The lowest BCUT2D eigenvalue weighted by molar-refractivity contribution is 0.129. The maximum absolute atomic E-state index is 12.2. The van der Waals surface area contributed by atoms with Crippen molar-refractivity contribution in [3.05, 3.63) is 42.2 Å². The van der Waals surface area contributed by atoms with Crippen LogP contribution in [0.15, 0.2) is 36.7 Å². The quantitative estimate of drug-likeness (QED) is 0.760. The summed E-state index contributed by atoms with van der Waals surface area (Å²) >= 11 is 0. The number of carbonyl (C=O) groups is 1. The van der Waals surface area contributed by atoms with Gasteiger partial charge in [-0.2, -0.15) is 0 Å². The Balaban J connectivity index is 1.40. The smallest absolute Gasteiger partial charge is 0.316 e. The molecular weight excluding hydrogens is 360 g/mol. The summed E-state index contributed by atoms with van der Waals surface area (Å²) in [5.74, 6) is 1.30. The Kier molecular flexibility index (Phi) is 6.89. The first-order valence-electron chi connectivity index (χ1n) is 9.37. The van der Waals surface area contributed by atoms with Crippen LogP contribution in [0.2, 0.25) is 0 Å². The van der Waals surface area contributed by atoms with E-state index in [1.165, 1.54) is 0 Å². The molecule has 0 aliphatic heterocycles. The minimum absolute atomic E-state index is 0.0928. The molecule has 0 radical (unpaired) electrons. The van der Waals surface area contributed by atoms with Gasteiger partial charge in [0.25, 0.3) is 0 Å². The monoisotopic (exact) mass is 386 g/mol. The summed E-state index contributed by atoms with van der Waals surface area (Å²) in [5, 5.41) is 5.92. The second kappa shape index (κ2) is 9.77. The predicted molar refractivity (Wildman–Crippen MR) is 104 cm³/mol. The number of nitrogens with zero attached hydrogens (tertiary/aromatic N) is 2. The largest absolute Gasteiger partial charge is 0.493 e. The second-order valence-electron chi connectivity index (χ2n) is 6.64. The Bertz CT molecular complexity index is 764. The molecule has 2 N–H and O–H groups in total. The van der Waals surface area contributed by atoms with Crippen LogP contribution in [-0.4, -0.2) is 42.4 Å². The number of ether oxygens (including phenoxy) is 3. The molecule has 1 fully saturated rings. The van der Waals surface area contributed by atoms with Gasteiger partial charge >= 0.3 is 12.0 Å². The lowest BCUT2D eigenvalue weighted by Crippen LogP contribution is -2.44. The highest BCUT2D eigenvalue weighted by Gasteiger charge is 2.24. The van der Waals surface area contributed by atoms with Gasteiger partial charge in [-0.1, -0.05) is 6.07 Å². The highest BCUT2D eigenvalue weighted by atomic mass is 16.5. The summed E-state index contributed by atoms with van der Waals surface area (Å²) in [5.41, 5.74) is 0.938. The van der Waals surface area contributed by atoms with Crippen molar-refractivity contribution in [2.75, 3.05) is 14.2 Å². The molecule has 150 valence electrons. The van der Waals surface area contributed by atoms with E-state index in [2.05, 4.69) is 20.6 Å². The number of rotatable bonds is 7. The maximum atomic E-state index is 12.2. The van der Waals surface area contributed by atoms with Crippen LogP contribution < -0.4 is 24.8 Å². The lowest BCUT2D eigenvalue weighted by Gasteiger charge is -2.28. The Morgan fingerprint density at radius 3 is 2.46 bits per heavy atom. The molecule has 1 aliphatic carbocycles. The number of aromatic nitrogens is 2.